The molecule has 0 aromatic heterocycles. The van der Waals surface area contributed by atoms with Gasteiger partial charge in [0.2, 0.25) is 5.91 Å². The van der Waals surface area contributed by atoms with Crippen molar-refractivity contribution in [3.63, 3.8) is 0 Å². The van der Waals surface area contributed by atoms with E-state index in [-0.39, 0.29) is 11.9 Å². The smallest absolute Gasteiger partial charge is 0.238 e. The third-order valence-electron chi connectivity index (χ3n) is 5.57. The highest BCUT2D eigenvalue weighted by Crippen LogP contribution is 2.38. The number of carbonyl (C=O) groups excluding carboxylic acids is 1. The average molecular weight is 390 g/mol. The summed E-state index contributed by atoms with van der Waals surface area (Å²) in [4.78, 5) is 15.1. The van der Waals surface area contributed by atoms with Crippen LogP contribution in [0.2, 0.25) is 0 Å². The molecular weight excluding hydrogens is 364 g/mol. The van der Waals surface area contributed by atoms with Crippen LogP contribution in [0, 0.1) is 0 Å². The number of ether oxygens (including phenoxy) is 2. The molecule has 3 aromatic rings. The molecule has 1 aliphatic rings. The molecule has 1 fully saturated rings. The molecule has 29 heavy (non-hydrogen) atoms. The van der Waals surface area contributed by atoms with Gasteiger partial charge in [0.15, 0.2) is 0 Å². The molecule has 1 N–H and O–H groups in total. The average Bonchev–Trinajstić information content (AvgIpc) is 3.21. The van der Waals surface area contributed by atoms with Gasteiger partial charge >= 0.3 is 0 Å². The van der Waals surface area contributed by atoms with Crippen LogP contribution in [0.4, 0.5) is 5.69 Å². The van der Waals surface area contributed by atoms with Gasteiger partial charge in [-0.15, -0.1) is 0 Å². The first-order valence-electron chi connectivity index (χ1n) is 9.93. The predicted octanol–water partition coefficient (Wildman–Crippen LogP) is 4.63. The maximum Gasteiger partial charge on any atom is 0.238 e. The minimum atomic E-state index is 0.000677. The molecule has 4 rings (SSSR count). The van der Waals surface area contributed by atoms with Gasteiger partial charge in [0, 0.05) is 28.7 Å². The quantitative estimate of drug-likeness (QED) is 0.667. The molecule has 0 saturated carbocycles. The Morgan fingerprint density at radius 2 is 1.90 bits per heavy atom. The number of hydrogen-bond donors (Lipinski definition) is 1. The lowest BCUT2D eigenvalue weighted by molar-refractivity contribution is -0.117. The van der Waals surface area contributed by atoms with E-state index >= 15 is 0 Å². The minimum absolute atomic E-state index is 0.000677. The van der Waals surface area contributed by atoms with Gasteiger partial charge in [0.05, 0.1) is 20.8 Å². The standard InChI is InChI=1S/C24H26N2O3/c1-28-18-12-13-20(23(15-18)29-2)22-11-6-14-26(22)16-24(27)25-21-10-5-8-17-7-3-4-9-19(17)21/h3-5,7-10,12-13,15,22H,6,11,14,16H2,1-2H3,(H,25,27)/t22-/m1/s1. The number of nitrogens with zero attached hydrogens (tertiary/aromatic N) is 1. The van der Waals surface area contributed by atoms with Crippen molar-refractivity contribution >= 4 is 22.4 Å². The summed E-state index contributed by atoms with van der Waals surface area (Å²) in [5.74, 6) is 1.57. The molecule has 1 heterocycles. The fourth-order valence-electron chi connectivity index (χ4n) is 4.17. The molecule has 1 atom stereocenters. The normalized spacial score (nSPS) is 16.7. The second kappa shape index (κ2) is 8.53. The van der Waals surface area contributed by atoms with Crippen molar-refractivity contribution in [1.82, 2.24) is 4.90 Å². The maximum atomic E-state index is 12.8. The van der Waals surface area contributed by atoms with Crippen molar-refractivity contribution < 1.29 is 14.3 Å². The minimum Gasteiger partial charge on any atom is -0.497 e. The summed E-state index contributed by atoms with van der Waals surface area (Å²) in [6, 6.07) is 20.1. The zero-order valence-electron chi connectivity index (χ0n) is 16.9. The van der Waals surface area contributed by atoms with Crippen LogP contribution >= 0.6 is 0 Å². The Morgan fingerprint density at radius 1 is 1.07 bits per heavy atom. The van der Waals surface area contributed by atoms with Crippen molar-refractivity contribution in [3.8, 4) is 11.5 Å². The molecule has 1 amide bonds. The molecule has 0 spiro atoms. The summed E-state index contributed by atoms with van der Waals surface area (Å²) in [6.45, 7) is 1.24. The molecule has 150 valence electrons. The number of fused-ring (bicyclic) bond motifs is 1. The van der Waals surface area contributed by atoms with Crippen LogP contribution in [-0.2, 0) is 4.79 Å². The zero-order valence-corrected chi connectivity index (χ0v) is 16.9. The lowest BCUT2D eigenvalue weighted by Crippen LogP contribution is -2.33. The SMILES string of the molecule is COc1ccc([C@H]2CCCN2CC(=O)Nc2cccc3ccccc23)c(OC)c1. The zero-order chi connectivity index (χ0) is 20.2. The molecule has 0 bridgehead atoms. The highest BCUT2D eigenvalue weighted by atomic mass is 16.5. The Balaban J connectivity index is 1.51. The summed E-state index contributed by atoms with van der Waals surface area (Å²) in [5.41, 5.74) is 1.95. The lowest BCUT2D eigenvalue weighted by Gasteiger charge is -2.26. The van der Waals surface area contributed by atoms with Crippen molar-refractivity contribution in [3.05, 3.63) is 66.2 Å². The van der Waals surface area contributed by atoms with Crippen molar-refractivity contribution in [2.45, 2.75) is 18.9 Å². The molecule has 0 unspecified atom stereocenters. The monoisotopic (exact) mass is 390 g/mol. The molecule has 1 saturated heterocycles. The maximum absolute atomic E-state index is 12.8. The van der Waals surface area contributed by atoms with E-state index < -0.39 is 0 Å². The second-order valence-corrected chi connectivity index (χ2v) is 7.31. The molecule has 0 aliphatic carbocycles. The fourth-order valence-corrected chi connectivity index (χ4v) is 4.17. The highest BCUT2D eigenvalue weighted by molar-refractivity contribution is 6.02. The van der Waals surface area contributed by atoms with Crippen LogP contribution in [0.1, 0.15) is 24.4 Å². The highest BCUT2D eigenvalue weighted by Gasteiger charge is 2.30. The number of amides is 1. The lowest BCUT2D eigenvalue weighted by atomic mass is 10.0. The number of anilines is 1. The van der Waals surface area contributed by atoms with Crippen LogP contribution in [-0.4, -0.2) is 38.1 Å². The third kappa shape index (κ3) is 4.05. The summed E-state index contributed by atoms with van der Waals surface area (Å²) in [5, 5.41) is 5.27. The molecule has 5 nitrogen and oxygen atoms in total. The van der Waals surface area contributed by atoms with Gasteiger partial charge in [-0.2, -0.15) is 0 Å². The van der Waals surface area contributed by atoms with Gasteiger partial charge < -0.3 is 14.8 Å². The largest absolute Gasteiger partial charge is 0.497 e. The van der Waals surface area contributed by atoms with E-state index in [1.807, 2.05) is 48.5 Å². The first-order valence-corrected chi connectivity index (χ1v) is 9.93. The number of hydrogen-bond acceptors (Lipinski definition) is 4. The van der Waals surface area contributed by atoms with Crippen LogP contribution in [0.3, 0.4) is 0 Å². The van der Waals surface area contributed by atoms with E-state index in [4.69, 9.17) is 9.47 Å². The van der Waals surface area contributed by atoms with E-state index in [9.17, 15) is 4.79 Å². The van der Waals surface area contributed by atoms with Gasteiger partial charge in [-0.05, 0) is 36.9 Å². The number of nitrogens with one attached hydrogen (secondary N) is 1. The van der Waals surface area contributed by atoms with E-state index in [1.54, 1.807) is 14.2 Å². The summed E-state index contributed by atoms with van der Waals surface area (Å²) < 4.78 is 10.9. The second-order valence-electron chi connectivity index (χ2n) is 7.31. The van der Waals surface area contributed by atoms with Gasteiger partial charge in [0.1, 0.15) is 11.5 Å². The number of methoxy groups -OCH3 is 2. The summed E-state index contributed by atoms with van der Waals surface area (Å²) >= 11 is 0. The number of rotatable bonds is 6. The molecule has 3 aromatic carbocycles. The van der Waals surface area contributed by atoms with Gasteiger partial charge in [0.25, 0.3) is 0 Å². The first kappa shape index (κ1) is 19.3. The molecule has 1 aliphatic heterocycles. The Hall–Kier alpha value is -3.05. The van der Waals surface area contributed by atoms with Crippen molar-refractivity contribution in [2.24, 2.45) is 0 Å². The predicted molar refractivity (Wildman–Crippen MR) is 116 cm³/mol. The van der Waals surface area contributed by atoms with Crippen LogP contribution < -0.4 is 14.8 Å². The summed E-state index contributed by atoms with van der Waals surface area (Å²) in [6.07, 6.45) is 2.06. The topological polar surface area (TPSA) is 50.8 Å². The van der Waals surface area contributed by atoms with E-state index in [0.717, 1.165) is 52.9 Å². The number of likely N-dealkylation sites (tertiary alicyclic amines) is 1. The summed E-state index contributed by atoms with van der Waals surface area (Å²) in [7, 11) is 3.32. The van der Waals surface area contributed by atoms with Gasteiger partial charge in [-0.1, -0.05) is 42.5 Å². The van der Waals surface area contributed by atoms with E-state index in [2.05, 4.69) is 22.3 Å². The van der Waals surface area contributed by atoms with Crippen LogP contribution in [0.25, 0.3) is 10.8 Å². The van der Waals surface area contributed by atoms with E-state index in [0.29, 0.717) is 6.54 Å². The Morgan fingerprint density at radius 3 is 2.72 bits per heavy atom. The fraction of sp³-hybridized carbons (Fsp3) is 0.292. The molecule has 5 heteroatoms. The number of benzene rings is 3. The van der Waals surface area contributed by atoms with E-state index in [1.165, 1.54) is 0 Å². The van der Waals surface area contributed by atoms with Crippen LogP contribution in [0.15, 0.2) is 60.7 Å². The Kier molecular flexibility index (Phi) is 5.67. The van der Waals surface area contributed by atoms with Crippen molar-refractivity contribution in [1.29, 1.82) is 0 Å². The Bertz CT molecular complexity index is 1010. The Labute approximate surface area is 171 Å². The van der Waals surface area contributed by atoms with Crippen LogP contribution in [0.5, 0.6) is 11.5 Å². The number of carbonyl (C=O) groups is 1. The van der Waals surface area contributed by atoms with Gasteiger partial charge in [-0.25, -0.2) is 0 Å². The molecule has 0 radical (unpaired) electrons. The van der Waals surface area contributed by atoms with Crippen molar-refractivity contribution in [2.75, 3.05) is 32.6 Å². The third-order valence-corrected chi connectivity index (χ3v) is 5.57. The first-order chi connectivity index (χ1) is 14.2. The van der Waals surface area contributed by atoms with Gasteiger partial charge in [-0.3, -0.25) is 9.69 Å². The molecular formula is C24H26N2O3.